The van der Waals surface area contributed by atoms with Crippen LogP contribution in [0.5, 0.6) is 0 Å². The lowest BCUT2D eigenvalue weighted by Gasteiger charge is -2.43. The maximum atomic E-state index is 12.3. The first-order valence-electron chi connectivity index (χ1n) is 8.47. The van der Waals surface area contributed by atoms with Gasteiger partial charge >= 0.3 is 0 Å². The Morgan fingerprint density at radius 1 is 1.19 bits per heavy atom. The predicted molar refractivity (Wildman–Crippen MR) is 88.1 cm³/mol. The monoisotopic (exact) mass is 287 g/mol. The number of carbonyl (C=O) groups excluding carboxylic acids is 1. The zero-order valence-electron chi connectivity index (χ0n) is 13.5. The largest absolute Gasteiger partial charge is 0.359 e. The van der Waals surface area contributed by atoms with Crippen LogP contribution in [0.3, 0.4) is 0 Å². The lowest BCUT2D eigenvalue weighted by molar-refractivity contribution is -0.130. The van der Waals surface area contributed by atoms with Gasteiger partial charge in [0.25, 0.3) is 0 Å². The van der Waals surface area contributed by atoms with Gasteiger partial charge in [0.1, 0.15) is 0 Å². The fraction of sp³-hybridized carbons (Fsp3) is 0.632. The molecule has 1 amide bonds. The van der Waals surface area contributed by atoms with E-state index in [9.17, 15) is 4.79 Å². The molecule has 1 aromatic rings. The zero-order chi connectivity index (χ0) is 15.1. The Bertz CT molecular complexity index is 434. The normalized spacial score (nSPS) is 19.0. The summed E-state index contributed by atoms with van der Waals surface area (Å²) in [5, 5.41) is 2.90. The minimum atomic E-state index is 0.173. The number of hydrogen-bond donors (Lipinski definition) is 1. The number of hydrogen-bond acceptors (Lipinski definition) is 1. The van der Waals surface area contributed by atoms with Crippen molar-refractivity contribution in [3.63, 3.8) is 0 Å². The Morgan fingerprint density at radius 2 is 1.86 bits per heavy atom. The predicted octanol–water partition coefficient (Wildman–Crippen LogP) is 4.34. The maximum Gasteiger partial charge on any atom is 0.223 e. The summed E-state index contributed by atoms with van der Waals surface area (Å²) in [5.41, 5.74) is 1.61. The lowest BCUT2D eigenvalue weighted by atomic mass is 9.62. The van der Waals surface area contributed by atoms with E-state index in [4.69, 9.17) is 0 Å². The molecule has 1 aliphatic rings. The minimum Gasteiger partial charge on any atom is -0.359 e. The van der Waals surface area contributed by atoms with Crippen molar-refractivity contribution in [1.82, 2.24) is 5.32 Å². The average molecular weight is 287 g/mol. The highest BCUT2D eigenvalue weighted by molar-refractivity contribution is 5.79. The van der Waals surface area contributed by atoms with Crippen molar-refractivity contribution in [2.45, 2.75) is 58.3 Å². The van der Waals surface area contributed by atoms with Crippen LogP contribution >= 0.6 is 0 Å². The molecule has 2 nitrogen and oxygen atoms in total. The molecule has 0 saturated heterocycles. The molecule has 0 heterocycles. The van der Waals surface area contributed by atoms with Crippen LogP contribution in [0.25, 0.3) is 0 Å². The molecule has 1 aromatic carbocycles. The average Bonchev–Trinajstić information content (AvgIpc) is 2.55. The Kier molecular flexibility index (Phi) is 5.84. The van der Waals surface area contributed by atoms with Gasteiger partial charge in [-0.1, -0.05) is 56.5 Å². The van der Waals surface area contributed by atoms with Crippen molar-refractivity contribution < 1.29 is 4.79 Å². The number of rotatable bonds is 6. The third-order valence-corrected chi connectivity index (χ3v) is 5.31. The number of nitrogens with one attached hydrogen (secondary N) is 1. The molecule has 2 rings (SSSR count). The molecular weight excluding hydrogens is 258 g/mol. The van der Waals surface area contributed by atoms with Gasteiger partial charge in [-0.15, -0.1) is 0 Å². The van der Waals surface area contributed by atoms with E-state index in [0.29, 0.717) is 0 Å². The fourth-order valence-electron chi connectivity index (χ4n) is 4.14. The van der Waals surface area contributed by atoms with Crippen molar-refractivity contribution in [1.29, 1.82) is 0 Å². The van der Waals surface area contributed by atoms with Crippen LogP contribution in [-0.4, -0.2) is 13.0 Å². The van der Waals surface area contributed by atoms with Crippen LogP contribution in [0.4, 0.5) is 0 Å². The summed E-state index contributed by atoms with van der Waals surface area (Å²) in [6.45, 7) is 2.17. The topological polar surface area (TPSA) is 29.1 Å². The van der Waals surface area contributed by atoms with Gasteiger partial charge < -0.3 is 5.32 Å². The number of benzene rings is 1. The van der Waals surface area contributed by atoms with Gasteiger partial charge in [0, 0.05) is 13.0 Å². The van der Waals surface area contributed by atoms with Crippen molar-refractivity contribution in [2.75, 3.05) is 7.05 Å². The molecule has 21 heavy (non-hydrogen) atoms. The fourth-order valence-corrected chi connectivity index (χ4v) is 4.14. The molecule has 1 unspecified atom stereocenters. The SMILES string of the molecule is CCC(C(=O)NC)C1(CCc2ccccc2)CCCCC1. The summed E-state index contributed by atoms with van der Waals surface area (Å²) in [7, 11) is 1.78. The molecule has 2 heteroatoms. The molecule has 1 fully saturated rings. The van der Waals surface area contributed by atoms with Gasteiger partial charge in [-0.25, -0.2) is 0 Å². The van der Waals surface area contributed by atoms with Crippen molar-refractivity contribution in [3.8, 4) is 0 Å². The van der Waals surface area contributed by atoms with Gasteiger partial charge in [0.15, 0.2) is 0 Å². The van der Waals surface area contributed by atoms with E-state index in [1.54, 1.807) is 7.05 Å². The molecule has 1 atom stereocenters. The summed E-state index contributed by atoms with van der Waals surface area (Å²) >= 11 is 0. The molecule has 0 spiro atoms. The maximum absolute atomic E-state index is 12.3. The number of carbonyl (C=O) groups is 1. The van der Waals surface area contributed by atoms with Crippen LogP contribution in [0.15, 0.2) is 30.3 Å². The number of amides is 1. The molecule has 1 N–H and O–H groups in total. The molecule has 116 valence electrons. The smallest absolute Gasteiger partial charge is 0.223 e. The van der Waals surface area contributed by atoms with Crippen LogP contribution in [0.2, 0.25) is 0 Å². The Hall–Kier alpha value is -1.31. The van der Waals surface area contributed by atoms with E-state index in [2.05, 4.69) is 42.6 Å². The van der Waals surface area contributed by atoms with Crippen LogP contribution in [-0.2, 0) is 11.2 Å². The molecule has 0 aromatic heterocycles. The standard InChI is InChI=1S/C19H29NO/c1-3-17(18(21)20-2)19(13-8-5-9-14-19)15-12-16-10-6-4-7-11-16/h4,6-7,10-11,17H,3,5,8-9,12-15H2,1-2H3,(H,20,21). The van der Waals surface area contributed by atoms with Crippen LogP contribution in [0, 0.1) is 11.3 Å². The van der Waals surface area contributed by atoms with Crippen LogP contribution in [0.1, 0.15) is 57.4 Å². The van der Waals surface area contributed by atoms with Crippen molar-refractivity contribution in [3.05, 3.63) is 35.9 Å². The van der Waals surface area contributed by atoms with Gasteiger partial charge in [-0.2, -0.15) is 0 Å². The van der Waals surface area contributed by atoms with E-state index in [0.717, 1.165) is 19.3 Å². The second-order valence-corrected chi connectivity index (χ2v) is 6.48. The van der Waals surface area contributed by atoms with E-state index in [-0.39, 0.29) is 17.2 Å². The highest BCUT2D eigenvalue weighted by Crippen LogP contribution is 2.47. The Morgan fingerprint density at radius 3 is 2.43 bits per heavy atom. The zero-order valence-corrected chi connectivity index (χ0v) is 13.5. The van der Waals surface area contributed by atoms with Crippen LogP contribution < -0.4 is 5.32 Å². The summed E-state index contributed by atoms with van der Waals surface area (Å²) in [4.78, 5) is 12.3. The molecule has 0 bridgehead atoms. The molecular formula is C19H29NO. The highest BCUT2D eigenvalue weighted by atomic mass is 16.1. The van der Waals surface area contributed by atoms with Gasteiger partial charge in [-0.05, 0) is 43.1 Å². The molecule has 0 aliphatic heterocycles. The quantitative estimate of drug-likeness (QED) is 0.828. The summed E-state index contributed by atoms with van der Waals surface area (Å²) in [6, 6.07) is 10.7. The van der Waals surface area contributed by atoms with Gasteiger partial charge in [0.2, 0.25) is 5.91 Å². The van der Waals surface area contributed by atoms with E-state index in [1.165, 1.54) is 37.7 Å². The molecule has 0 radical (unpaired) electrons. The first-order chi connectivity index (χ1) is 10.2. The second-order valence-electron chi connectivity index (χ2n) is 6.48. The molecule has 1 aliphatic carbocycles. The van der Waals surface area contributed by atoms with Crippen molar-refractivity contribution in [2.24, 2.45) is 11.3 Å². The van der Waals surface area contributed by atoms with Gasteiger partial charge in [-0.3, -0.25) is 4.79 Å². The summed E-state index contributed by atoms with van der Waals surface area (Å²) in [5.74, 6) is 0.416. The highest BCUT2D eigenvalue weighted by Gasteiger charge is 2.41. The minimum absolute atomic E-state index is 0.173. The second kappa shape index (κ2) is 7.63. The summed E-state index contributed by atoms with van der Waals surface area (Å²) in [6.07, 6.45) is 9.51. The number of aryl methyl sites for hydroxylation is 1. The first kappa shape index (κ1) is 16.1. The third kappa shape index (κ3) is 3.87. The van der Waals surface area contributed by atoms with E-state index < -0.39 is 0 Å². The first-order valence-corrected chi connectivity index (χ1v) is 8.47. The van der Waals surface area contributed by atoms with E-state index in [1.807, 2.05) is 0 Å². The summed E-state index contributed by atoms with van der Waals surface area (Å²) < 4.78 is 0. The third-order valence-electron chi connectivity index (χ3n) is 5.31. The lowest BCUT2D eigenvalue weighted by Crippen LogP contribution is -2.42. The van der Waals surface area contributed by atoms with Gasteiger partial charge in [0.05, 0.1) is 0 Å². The Balaban J connectivity index is 2.14. The molecule has 1 saturated carbocycles. The Labute approximate surface area is 129 Å². The van der Waals surface area contributed by atoms with Crippen molar-refractivity contribution >= 4 is 5.91 Å². The van der Waals surface area contributed by atoms with E-state index >= 15 is 0 Å².